The van der Waals surface area contributed by atoms with Gasteiger partial charge in [-0.1, -0.05) is 45.0 Å². The molecule has 1 N–H and O–H groups in total. The number of nitrogens with zero attached hydrogens (tertiary/aromatic N) is 2. The van der Waals surface area contributed by atoms with Gasteiger partial charge in [-0.3, -0.25) is 19.7 Å². The van der Waals surface area contributed by atoms with Gasteiger partial charge >= 0.3 is 11.8 Å². The van der Waals surface area contributed by atoms with Crippen LogP contribution >= 0.6 is 0 Å². The Morgan fingerprint density at radius 3 is 2.29 bits per heavy atom. The van der Waals surface area contributed by atoms with Crippen LogP contribution < -0.4 is 10.2 Å². The second-order valence-corrected chi connectivity index (χ2v) is 7.23. The highest BCUT2D eigenvalue weighted by molar-refractivity contribution is 6.44. The van der Waals surface area contributed by atoms with Crippen LogP contribution in [0.15, 0.2) is 61.2 Å². The third-order valence-electron chi connectivity index (χ3n) is 4.09. The summed E-state index contributed by atoms with van der Waals surface area (Å²) < 4.78 is 0. The first-order valence-corrected chi connectivity index (χ1v) is 8.73. The summed E-state index contributed by atoms with van der Waals surface area (Å²) in [6.45, 7) is 9.93. The van der Waals surface area contributed by atoms with E-state index in [2.05, 4.69) is 11.9 Å². The molecule has 2 aromatic rings. The van der Waals surface area contributed by atoms with Gasteiger partial charge in [-0.05, 0) is 29.2 Å². The molecule has 0 radical (unpaired) electrons. The van der Waals surface area contributed by atoms with Gasteiger partial charge in [-0.15, -0.1) is 6.58 Å². The summed E-state index contributed by atoms with van der Waals surface area (Å²) in [5, 5.41) is 13.2. The van der Waals surface area contributed by atoms with Crippen molar-refractivity contribution in [3.8, 4) is 0 Å². The summed E-state index contributed by atoms with van der Waals surface area (Å²) in [6.07, 6.45) is 1.55. The van der Waals surface area contributed by atoms with Crippen LogP contribution in [0, 0.1) is 10.1 Å². The zero-order chi connectivity index (χ0) is 20.9. The van der Waals surface area contributed by atoms with Crippen molar-refractivity contribution in [2.45, 2.75) is 26.2 Å². The molecule has 28 heavy (non-hydrogen) atoms. The first kappa shape index (κ1) is 20.8. The highest BCUT2D eigenvalue weighted by atomic mass is 16.6. The normalized spacial score (nSPS) is 10.8. The van der Waals surface area contributed by atoms with Crippen molar-refractivity contribution in [2.24, 2.45) is 0 Å². The Morgan fingerprint density at radius 2 is 1.75 bits per heavy atom. The Balaban J connectivity index is 2.29. The van der Waals surface area contributed by atoms with E-state index in [4.69, 9.17) is 0 Å². The van der Waals surface area contributed by atoms with Crippen LogP contribution in [-0.2, 0) is 15.0 Å². The summed E-state index contributed by atoms with van der Waals surface area (Å²) in [5.74, 6) is -1.57. The predicted molar refractivity (Wildman–Crippen MR) is 109 cm³/mol. The van der Waals surface area contributed by atoms with E-state index in [-0.39, 0.29) is 17.6 Å². The van der Waals surface area contributed by atoms with Gasteiger partial charge < -0.3 is 10.2 Å². The van der Waals surface area contributed by atoms with E-state index in [0.29, 0.717) is 11.4 Å². The summed E-state index contributed by atoms with van der Waals surface area (Å²) in [7, 11) is 0. The highest BCUT2D eigenvalue weighted by Gasteiger charge is 2.27. The van der Waals surface area contributed by atoms with Crippen LogP contribution in [0.3, 0.4) is 0 Å². The molecule has 7 nitrogen and oxygen atoms in total. The maximum atomic E-state index is 12.9. The van der Waals surface area contributed by atoms with Crippen LogP contribution in [0.2, 0.25) is 0 Å². The quantitative estimate of drug-likeness (QED) is 0.366. The fourth-order valence-electron chi connectivity index (χ4n) is 2.74. The van der Waals surface area contributed by atoms with E-state index in [1.54, 1.807) is 12.1 Å². The van der Waals surface area contributed by atoms with Gasteiger partial charge in [-0.25, -0.2) is 0 Å². The van der Waals surface area contributed by atoms with Crippen molar-refractivity contribution in [1.82, 2.24) is 0 Å². The maximum Gasteiger partial charge on any atom is 0.316 e. The maximum absolute atomic E-state index is 12.9. The topological polar surface area (TPSA) is 92.6 Å². The minimum absolute atomic E-state index is 0.100. The number of para-hydroxylation sites is 1. The lowest BCUT2D eigenvalue weighted by Gasteiger charge is -2.29. The van der Waals surface area contributed by atoms with Crippen LogP contribution in [0.1, 0.15) is 26.3 Å². The predicted octanol–water partition coefficient (Wildman–Crippen LogP) is 4.05. The molecule has 0 heterocycles. The number of rotatable bonds is 5. The van der Waals surface area contributed by atoms with Crippen molar-refractivity contribution in [1.29, 1.82) is 0 Å². The van der Waals surface area contributed by atoms with Gasteiger partial charge in [-0.2, -0.15) is 0 Å². The molecular weight excluding hydrogens is 358 g/mol. The van der Waals surface area contributed by atoms with E-state index in [1.807, 2.05) is 39.0 Å². The average Bonchev–Trinajstić information content (AvgIpc) is 2.65. The lowest BCUT2D eigenvalue weighted by molar-refractivity contribution is -0.384. The van der Waals surface area contributed by atoms with Gasteiger partial charge in [0.05, 0.1) is 4.92 Å². The van der Waals surface area contributed by atoms with E-state index in [9.17, 15) is 19.7 Å². The Bertz CT molecular complexity index is 899. The van der Waals surface area contributed by atoms with Crippen molar-refractivity contribution in [3.63, 3.8) is 0 Å². The molecular formula is C21H23N3O4. The number of carbonyl (C=O) groups excluding carboxylic acids is 2. The smallest absolute Gasteiger partial charge is 0.316 e. The van der Waals surface area contributed by atoms with E-state index in [0.717, 1.165) is 5.56 Å². The highest BCUT2D eigenvalue weighted by Crippen LogP contribution is 2.32. The summed E-state index contributed by atoms with van der Waals surface area (Å²) in [6, 6.07) is 12.7. The summed E-state index contributed by atoms with van der Waals surface area (Å²) in [4.78, 5) is 36.9. The minimum atomic E-state index is -0.834. The number of amides is 2. The van der Waals surface area contributed by atoms with Gasteiger partial charge in [0.2, 0.25) is 0 Å². The average molecular weight is 381 g/mol. The fourth-order valence-corrected chi connectivity index (χ4v) is 2.74. The molecule has 0 unspecified atom stereocenters. The van der Waals surface area contributed by atoms with Crippen LogP contribution in [-0.4, -0.2) is 23.3 Å². The number of non-ortho nitro benzene ring substituents is 1. The number of hydrogen-bond acceptors (Lipinski definition) is 4. The van der Waals surface area contributed by atoms with E-state index < -0.39 is 16.7 Å². The standard InChI is InChI=1S/C21H23N3O4/c1-5-14-23(18-9-7-6-8-17(18)21(2,3)4)20(26)19(25)22-15-10-12-16(13-11-15)24(27)28/h5-13H,1,14H2,2-4H3,(H,22,25). The van der Waals surface area contributed by atoms with Gasteiger partial charge in [0.25, 0.3) is 5.69 Å². The molecule has 2 aromatic carbocycles. The Labute approximate surface area is 163 Å². The van der Waals surface area contributed by atoms with Crippen molar-refractivity contribution in [3.05, 3.63) is 76.9 Å². The monoisotopic (exact) mass is 381 g/mol. The molecule has 7 heteroatoms. The minimum Gasteiger partial charge on any atom is -0.318 e. The van der Waals surface area contributed by atoms with E-state index >= 15 is 0 Å². The first-order chi connectivity index (χ1) is 13.1. The second-order valence-electron chi connectivity index (χ2n) is 7.23. The van der Waals surface area contributed by atoms with E-state index in [1.165, 1.54) is 29.2 Å². The number of nitro benzene ring substituents is 1. The Hall–Kier alpha value is -3.48. The first-order valence-electron chi connectivity index (χ1n) is 8.73. The number of benzene rings is 2. The largest absolute Gasteiger partial charge is 0.318 e. The second kappa shape index (κ2) is 8.47. The number of carbonyl (C=O) groups is 2. The SMILES string of the molecule is C=CCN(C(=O)C(=O)Nc1ccc([N+](=O)[O-])cc1)c1ccccc1C(C)(C)C. The van der Waals surface area contributed by atoms with Crippen molar-refractivity contribution < 1.29 is 14.5 Å². The Morgan fingerprint density at radius 1 is 1.14 bits per heavy atom. The molecule has 0 bridgehead atoms. The molecule has 0 aliphatic heterocycles. The van der Waals surface area contributed by atoms with Gasteiger partial charge in [0.15, 0.2) is 0 Å². The number of nitro groups is 1. The van der Waals surface area contributed by atoms with Crippen LogP contribution in [0.25, 0.3) is 0 Å². The molecule has 2 amide bonds. The lowest BCUT2D eigenvalue weighted by atomic mass is 9.85. The Kier molecular flexibility index (Phi) is 6.30. The molecule has 0 aliphatic carbocycles. The van der Waals surface area contributed by atoms with Crippen LogP contribution in [0.5, 0.6) is 0 Å². The number of anilines is 2. The van der Waals surface area contributed by atoms with Crippen molar-refractivity contribution >= 4 is 28.9 Å². The molecule has 2 rings (SSSR count). The molecule has 0 aliphatic rings. The lowest BCUT2D eigenvalue weighted by Crippen LogP contribution is -2.41. The molecule has 0 saturated carbocycles. The molecule has 0 fully saturated rings. The third-order valence-corrected chi connectivity index (χ3v) is 4.09. The molecule has 146 valence electrons. The number of hydrogen-bond donors (Lipinski definition) is 1. The third kappa shape index (κ3) is 4.82. The summed E-state index contributed by atoms with van der Waals surface area (Å²) >= 11 is 0. The van der Waals surface area contributed by atoms with Gasteiger partial charge in [0.1, 0.15) is 0 Å². The zero-order valence-electron chi connectivity index (χ0n) is 16.1. The molecule has 0 spiro atoms. The summed E-state index contributed by atoms with van der Waals surface area (Å²) in [5.41, 5.74) is 1.53. The molecule has 0 atom stereocenters. The van der Waals surface area contributed by atoms with Gasteiger partial charge in [0, 0.05) is 30.1 Å². The van der Waals surface area contributed by atoms with Crippen molar-refractivity contribution in [2.75, 3.05) is 16.8 Å². The molecule has 0 aromatic heterocycles. The van der Waals surface area contributed by atoms with Crippen LogP contribution in [0.4, 0.5) is 17.1 Å². The molecule has 0 saturated heterocycles. The number of nitrogens with one attached hydrogen (secondary N) is 1. The fraction of sp³-hybridized carbons (Fsp3) is 0.238. The zero-order valence-corrected chi connectivity index (χ0v) is 16.1.